The first-order valence-corrected chi connectivity index (χ1v) is 7.12. The molecular weight excluding hydrogens is 214 g/mol. The van der Waals surface area contributed by atoms with Gasteiger partial charge >= 0.3 is 5.97 Å². The van der Waals surface area contributed by atoms with Crippen LogP contribution >= 0.6 is 0 Å². The van der Waals surface area contributed by atoms with Gasteiger partial charge in [-0.3, -0.25) is 9.69 Å². The van der Waals surface area contributed by atoms with Gasteiger partial charge in [0.15, 0.2) is 0 Å². The van der Waals surface area contributed by atoms with Gasteiger partial charge in [-0.1, -0.05) is 52.9 Å². The molecule has 0 spiro atoms. The van der Waals surface area contributed by atoms with E-state index in [1.165, 1.54) is 32.1 Å². The normalized spacial score (nSPS) is 10.8. The van der Waals surface area contributed by atoms with E-state index >= 15 is 0 Å². The summed E-state index contributed by atoms with van der Waals surface area (Å²) in [5.74, 6) is -0.0812. The van der Waals surface area contributed by atoms with Gasteiger partial charge in [-0.2, -0.15) is 0 Å². The highest BCUT2D eigenvalue weighted by Crippen LogP contribution is 2.05. The van der Waals surface area contributed by atoms with E-state index in [-0.39, 0.29) is 5.97 Å². The van der Waals surface area contributed by atoms with Crippen LogP contribution in [0.1, 0.15) is 59.3 Å². The molecule has 0 aliphatic rings. The molecule has 0 N–H and O–H groups in total. The molecular formula is C14H29NO2. The van der Waals surface area contributed by atoms with Gasteiger partial charge in [0.05, 0.1) is 13.2 Å². The smallest absolute Gasteiger partial charge is 0.320 e. The Morgan fingerprint density at radius 3 is 2.12 bits per heavy atom. The average molecular weight is 243 g/mol. The summed E-state index contributed by atoms with van der Waals surface area (Å²) in [5, 5.41) is 0. The lowest BCUT2D eigenvalue weighted by atomic mass is 10.1. The van der Waals surface area contributed by atoms with Crippen molar-refractivity contribution in [3.05, 3.63) is 0 Å². The second-order valence-electron chi connectivity index (χ2n) is 4.45. The molecule has 3 nitrogen and oxygen atoms in total. The van der Waals surface area contributed by atoms with Gasteiger partial charge in [0.25, 0.3) is 0 Å². The third-order valence-electron chi connectivity index (χ3n) is 3.01. The van der Waals surface area contributed by atoms with Gasteiger partial charge in [-0.15, -0.1) is 0 Å². The summed E-state index contributed by atoms with van der Waals surface area (Å²) in [5.41, 5.74) is 0. The Labute approximate surface area is 107 Å². The van der Waals surface area contributed by atoms with E-state index in [9.17, 15) is 4.79 Å². The molecule has 0 aliphatic carbocycles. The molecule has 0 bridgehead atoms. The highest BCUT2D eigenvalue weighted by atomic mass is 16.5. The Kier molecular flexibility index (Phi) is 11.5. The predicted octanol–water partition coefficient (Wildman–Crippen LogP) is 3.23. The van der Waals surface area contributed by atoms with Crippen LogP contribution in [0.3, 0.4) is 0 Å². The quantitative estimate of drug-likeness (QED) is 0.412. The lowest BCUT2D eigenvalue weighted by molar-refractivity contribution is -0.145. The predicted molar refractivity (Wildman–Crippen MR) is 72.1 cm³/mol. The fraction of sp³-hybridized carbons (Fsp3) is 0.929. The zero-order valence-electron chi connectivity index (χ0n) is 11.8. The number of hydrogen-bond acceptors (Lipinski definition) is 3. The Balaban J connectivity index is 3.33. The van der Waals surface area contributed by atoms with Crippen LogP contribution in [0.4, 0.5) is 0 Å². The van der Waals surface area contributed by atoms with Crippen molar-refractivity contribution in [2.24, 2.45) is 0 Å². The molecule has 3 heteroatoms. The number of nitrogens with zero attached hydrogens (tertiary/aromatic N) is 1. The number of rotatable bonds is 11. The number of likely N-dealkylation sites (N-methyl/N-ethyl adjacent to an activating group) is 1. The molecule has 0 aromatic carbocycles. The molecule has 0 fully saturated rings. The molecule has 17 heavy (non-hydrogen) atoms. The average Bonchev–Trinajstić information content (AvgIpc) is 2.34. The Morgan fingerprint density at radius 2 is 1.53 bits per heavy atom. The van der Waals surface area contributed by atoms with Crippen molar-refractivity contribution in [1.29, 1.82) is 0 Å². The number of unbranched alkanes of at least 4 members (excludes halogenated alkanes) is 5. The van der Waals surface area contributed by atoms with Gasteiger partial charge in [0.2, 0.25) is 0 Å². The van der Waals surface area contributed by atoms with E-state index in [2.05, 4.69) is 25.7 Å². The maximum absolute atomic E-state index is 11.4. The highest BCUT2D eigenvalue weighted by molar-refractivity contribution is 5.71. The van der Waals surface area contributed by atoms with E-state index in [0.717, 1.165) is 19.5 Å². The van der Waals surface area contributed by atoms with Crippen molar-refractivity contribution in [1.82, 2.24) is 4.90 Å². The number of carbonyl (C=O) groups excluding carboxylic acids is 1. The molecule has 0 atom stereocenters. The van der Waals surface area contributed by atoms with Crippen molar-refractivity contribution in [3.63, 3.8) is 0 Å². The number of carbonyl (C=O) groups is 1. The summed E-state index contributed by atoms with van der Waals surface area (Å²) < 4.78 is 5.20. The molecule has 0 aromatic rings. The minimum Gasteiger partial charge on any atom is -0.465 e. The number of hydrogen-bond donors (Lipinski definition) is 0. The van der Waals surface area contributed by atoms with E-state index < -0.39 is 0 Å². The molecule has 0 aromatic heterocycles. The van der Waals surface area contributed by atoms with Crippen molar-refractivity contribution in [2.75, 3.05) is 26.2 Å². The van der Waals surface area contributed by atoms with Crippen molar-refractivity contribution < 1.29 is 9.53 Å². The van der Waals surface area contributed by atoms with E-state index in [0.29, 0.717) is 13.2 Å². The minimum atomic E-state index is -0.0812. The molecule has 0 saturated carbocycles. The van der Waals surface area contributed by atoms with Crippen LogP contribution in [0, 0.1) is 0 Å². The highest BCUT2D eigenvalue weighted by Gasteiger charge is 2.07. The van der Waals surface area contributed by atoms with Crippen molar-refractivity contribution in [3.8, 4) is 0 Å². The van der Waals surface area contributed by atoms with Gasteiger partial charge < -0.3 is 4.74 Å². The summed E-state index contributed by atoms with van der Waals surface area (Å²) in [6.45, 7) is 9.17. The molecule has 0 saturated heterocycles. The van der Waals surface area contributed by atoms with Crippen LogP contribution < -0.4 is 0 Å². The third-order valence-corrected chi connectivity index (χ3v) is 3.01. The Hall–Kier alpha value is -0.570. The zero-order chi connectivity index (χ0) is 12.9. The van der Waals surface area contributed by atoms with Gasteiger partial charge in [-0.25, -0.2) is 0 Å². The number of ether oxygens (including phenoxy) is 1. The van der Waals surface area contributed by atoms with Crippen LogP contribution in [0.25, 0.3) is 0 Å². The first kappa shape index (κ1) is 16.4. The Morgan fingerprint density at radius 1 is 0.941 bits per heavy atom. The third kappa shape index (κ3) is 10.3. The summed E-state index contributed by atoms with van der Waals surface area (Å²) in [7, 11) is 0. The van der Waals surface area contributed by atoms with Gasteiger partial charge in [0.1, 0.15) is 0 Å². The number of esters is 1. The standard InChI is InChI=1S/C14H29NO2/c1-4-7-8-9-10-11-12-17-14(16)13-15(5-2)6-3/h4-13H2,1-3H3. The van der Waals surface area contributed by atoms with E-state index in [1.54, 1.807) is 0 Å². The van der Waals surface area contributed by atoms with Crippen molar-refractivity contribution >= 4 is 5.97 Å². The molecule has 102 valence electrons. The van der Waals surface area contributed by atoms with Gasteiger partial charge in [-0.05, 0) is 19.5 Å². The lowest BCUT2D eigenvalue weighted by Crippen LogP contribution is -2.30. The maximum Gasteiger partial charge on any atom is 0.320 e. The summed E-state index contributed by atoms with van der Waals surface area (Å²) >= 11 is 0. The van der Waals surface area contributed by atoms with Crippen LogP contribution in [0.15, 0.2) is 0 Å². The fourth-order valence-corrected chi connectivity index (χ4v) is 1.74. The molecule has 0 heterocycles. The summed E-state index contributed by atoms with van der Waals surface area (Å²) in [6, 6.07) is 0. The zero-order valence-corrected chi connectivity index (χ0v) is 11.8. The Bertz CT molecular complexity index is 179. The van der Waals surface area contributed by atoms with Crippen LogP contribution in [0.2, 0.25) is 0 Å². The lowest BCUT2D eigenvalue weighted by Gasteiger charge is -2.16. The second-order valence-corrected chi connectivity index (χ2v) is 4.45. The molecule has 0 aliphatic heterocycles. The van der Waals surface area contributed by atoms with Crippen LogP contribution in [0.5, 0.6) is 0 Å². The van der Waals surface area contributed by atoms with Crippen LogP contribution in [-0.2, 0) is 9.53 Å². The van der Waals surface area contributed by atoms with E-state index in [1.807, 2.05) is 0 Å². The molecule has 0 amide bonds. The van der Waals surface area contributed by atoms with Gasteiger partial charge in [0, 0.05) is 0 Å². The van der Waals surface area contributed by atoms with E-state index in [4.69, 9.17) is 4.74 Å². The molecule has 0 radical (unpaired) electrons. The largest absolute Gasteiger partial charge is 0.465 e. The molecule has 0 unspecified atom stereocenters. The monoisotopic (exact) mass is 243 g/mol. The molecule has 0 rings (SSSR count). The first-order chi connectivity index (χ1) is 8.24. The van der Waals surface area contributed by atoms with Crippen molar-refractivity contribution in [2.45, 2.75) is 59.3 Å². The second kappa shape index (κ2) is 11.9. The minimum absolute atomic E-state index is 0.0812. The SMILES string of the molecule is CCCCCCCCOC(=O)CN(CC)CC. The van der Waals surface area contributed by atoms with Crippen LogP contribution in [-0.4, -0.2) is 37.1 Å². The summed E-state index contributed by atoms with van der Waals surface area (Å²) in [4.78, 5) is 13.5. The topological polar surface area (TPSA) is 29.5 Å². The summed E-state index contributed by atoms with van der Waals surface area (Å²) in [6.07, 6.45) is 7.36. The first-order valence-electron chi connectivity index (χ1n) is 7.12. The fourth-order valence-electron chi connectivity index (χ4n) is 1.74. The maximum atomic E-state index is 11.4.